The average Bonchev–Trinajstić information content (AvgIpc) is 3.06. The lowest BCUT2D eigenvalue weighted by Gasteiger charge is -2.47. The summed E-state index contributed by atoms with van der Waals surface area (Å²) >= 11 is 0. The Morgan fingerprint density at radius 2 is 2.22 bits per heavy atom. The maximum absolute atomic E-state index is 12.3. The van der Waals surface area contributed by atoms with Gasteiger partial charge in [0.25, 0.3) is 5.91 Å². The fourth-order valence-electron chi connectivity index (χ4n) is 2.84. The SMILES string of the molecule is CCCn1cccc1C(=O)N1CC(O)(C2CC2)C1. The topological polar surface area (TPSA) is 45.5 Å². The Balaban J connectivity index is 1.67. The highest BCUT2D eigenvalue weighted by Gasteiger charge is 2.53. The van der Waals surface area contributed by atoms with Gasteiger partial charge in [0.05, 0.1) is 13.1 Å². The molecule has 4 heteroatoms. The van der Waals surface area contributed by atoms with Crippen molar-refractivity contribution in [1.29, 1.82) is 0 Å². The summed E-state index contributed by atoms with van der Waals surface area (Å²) in [5.41, 5.74) is 0.160. The van der Waals surface area contributed by atoms with Gasteiger partial charge in [-0.1, -0.05) is 6.92 Å². The number of aromatic nitrogens is 1. The van der Waals surface area contributed by atoms with Crippen molar-refractivity contribution >= 4 is 5.91 Å². The zero-order valence-electron chi connectivity index (χ0n) is 10.8. The second kappa shape index (κ2) is 4.12. The summed E-state index contributed by atoms with van der Waals surface area (Å²) in [5, 5.41) is 10.2. The van der Waals surface area contributed by atoms with Gasteiger partial charge >= 0.3 is 0 Å². The molecule has 0 atom stereocenters. The molecule has 1 aliphatic carbocycles. The molecule has 0 bridgehead atoms. The average molecular weight is 248 g/mol. The third-order valence-corrected chi connectivity index (χ3v) is 4.07. The number of β-amino-alcohol motifs (C(OH)–C–C–N with tert-alkyl or cyclic N) is 1. The van der Waals surface area contributed by atoms with Crippen molar-refractivity contribution in [3.05, 3.63) is 24.0 Å². The molecular formula is C14H20N2O2. The first kappa shape index (κ1) is 11.8. The Morgan fingerprint density at radius 3 is 2.83 bits per heavy atom. The van der Waals surface area contributed by atoms with Crippen molar-refractivity contribution < 1.29 is 9.90 Å². The van der Waals surface area contributed by atoms with E-state index < -0.39 is 5.60 Å². The van der Waals surface area contributed by atoms with E-state index in [0.29, 0.717) is 19.0 Å². The van der Waals surface area contributed by atoms with Crippen LogP contribution in [-0.4, -0.2) is 39.2 Å². The number of amides is 1. The van der Waals surface area contributed by atoms with Gasteiger partial charge in [-0.3, -0.25) is 4.79 Å². The monoisotopic (exact) mass is 248 g/mol. The van der Waals surface area contributed by atoms with E-state index in [-0.39, 0.29) is 5.91 Å². The van der Waals surface area contributed by atoms with Gasteiger partial charge < -0.3 is 14.6 Å². The van der Waals surface area contributed by atoms with Gasteiger partial charge in [-0.15, -0.1) is 0 Å². The van der Waals surface area contributed by atoms with Crippen molar-refractivity contribution in [2.24, 2.45) is 5.92 Å². The van der Waals surface area contributed by atoms with Crippen molar-refractivity contribution in [2.75, 3.05) is 13.1 Å². The molecule has 1 aliphatic heterocycles. The molecule has 2 aliphatic rings. The molecule has 1 saturated heterocycles. The lowest BCUT2D eigenvalue weighted by Crippen LogP contribution is -2.64. The smallest absolute Gasteiger partial charge is 0.270 e. The number of aliphatic hydroxyl groups is 1. The fraction of sp³-hybridized carbons (Fsp3) is 0.643. The Bertz CT molecular complexity index is 456. The number of rotatable bonds is 4. The Morgan fingerprint density at radius 1 is 1.50 bits per heavy atom. The molecule has 1 N–H and O–H groups in total. The summed E-state index contributed by atoms with van der Waals surface area (Å²) in [4.78, 5) is 14.1. The minimum atomic E-state index is -0.585. The van der Waals surface area contributed by atoms with Crippen LogP contribution in [-0.2, 0) is 6.54 Å². The van der Waals surface area contributed by atoms with E-state index in [0.717, 1.165) is 31.5 Å². The summed E-state index contributed by atoms with van der Waals surface area (Å²) in [7, 11) is 0. The first-order valence-electron chi connectivity index (χ1n) is 6.81. The number of hydrogen-bond donors (Lipinski definition) is 1. The van der Waals surface area contributed by atoms with Crippen LogP contribution in [0.15, 0.2) is 18.3 Å². The number of carbonyl (C=O) groups is 1. The Hall–Kier alpha value is -1.29. The van der Waals surface area contributed by atoms with Crippen LogP contribution in [0, 0.1) is 5.92 Å². The molecule has 98 valence electrons. The van der Waals surface area contributed by atoms with Crippen molar-refractivity contribution in [1.82, 2.24) is 9.47 Å². The van der Waals surface area contributed by atoms with E-state index >= 15 is 0 Å². The van der Waals surface area contributed by atoms with Gasteiger partial charge in [0.15, 0.2) is 0 Å². The normalized spacial score (nSPS) is 21.8. The van der Waals surface area contributed by atoms with Gasteiger partial charge in [-0.25, -0.2) is 0 Å². The largest absolute Gasteiger partial charge is 0.386 e. The molecule has 0 unspecified atom stereocenters. The standard InChI is InChI=1S/C14H20N2O2/c1-2-7-15-8-3-4-12(15)13(17)16-9-14(18,10-16)11-5-6-11/h3-4,8,11,18H,2,5-7,9-10H2,1H3. The highest BCUT2D eigenvalue weighted by atomic mass is 16.3. The molecule has 0 spiro atoms. The molecule has 0 radical (unpaired) electrons. The van der Waals surface area contributed by atoms with E-state index in [1.807, 2.05) is 22.9 Å². The van der Waals surface area contributed by atoms with Gasteiger partial charge in [0, 0.05) is 12.7 Å². The Labute approximate surface area is 107 Å². The maximum Gasteiger partial charge on any atom is 0.270 e. The molecule has 1 saturated carbocycles. The minimum Gasteiger partial charge on any atom is -0.386 e. The quantitative estimate of drug-likeness (QED) is 0.877. The molecule has 2 fully saturated rings. The molecule has 1 aromatic rings. The predicted octanol–water partition coefficient (Wildman–Crippen LogP) is 1.49. The maximum atomic E-state index is 12.3. The number of likely N-dealkylation sites (tertiary alicyclic amines) is 1. The van der Waals surface area contributed by atoms with E-state index in [9.17, 15) is 9.90 Å². The molecular weight excluding hydrogens is 228 g/mol. The van der Waals surface area contributed by atoms with Crippen molar-refractivity contribution in [3.8, 4) is 0 Å². The van der Waals surface area contributed by atoms with E-state index in [4.69, 9.17) is 0 Å². The van der Waals surface area contributed by atoms with Crippen LogP contribution in [0.25, 0.3) is 0 Å². The number of aryl methyl sites for hydroxylation is 1. The molecule has 1 aromatic heterocycles. The van der Waals surface area contributed by atoms with Gasteiger partial charge in [0.1, 0.15) is 11.3 Å². The van der Waals surface area contributed by atoms with Crippen LogP contribution < -0.4 is 0 Å². The summed E-state index contributed by atoms with van der Waals surface area (Å²) in [6.45, 7) is 3.99. The van der Waals surface area contributed by atoms with Crippen LogP contribution >= 0.6 is 0 Å². The predicted molar refractivity (Wildman–Crippen MR) is 68.3 cm³/mol. The fourth-order valence-corrected chi connectivity index (χ4v) is 2.84. The van der Waals surface area contributed by atoms with Gasteiger partial charge in [-0.05, 0) is 37.3 Å². The second-order valence-corrected chi connectivity index (χ2v) is 5.63. The van der Waals surface area contributed by atoms with Gasteiger partial charge in [0.2, 0.25) is 0 Å². The first-order valence-corrected chi connectivity index (χ1v) is 6.81. The van der Waals surface area contributed by atoms with Crippen LogP contribution in [0.1, 0.15) is 36.7 Å². The minimum absolute atomic E-state index is 0.0544. The second-order valence-electron chi connectivity index (χ2n) is 5.63. The van der Waals surface area contributed by atoms with Crippen LogP contribution in [0.3, 0.4) is 0 Å². The molecule has 4 nitrogen and oxygen atoms in total. The molecule has 18 heavy (non-hydrogen) atoms. The zero-order chi connectivity index (χ0) is 12.8. The molecule has 1 amide bonds. The first-order chi connectivity index (χ1) is 8.64. The van der Waals surface area contributed by atoms with Crippen molar-refractivity contribution in [3.63, 3.8) is 0 Å². The van der Waals surface area contributed by atoms with Crippen molar-refractivity contribution in [2.45, 2.75) is 38.3 Å². The number of carbonyl (C=O) groups excluding carboxylic acids is 1. The highest BCUT2D eigenvalue weighted by Crippen LogP contribution is 2.44. The Kier molecular flexibility index (Phi) is 2.70. The van der Waals surface area contributed by atoms with E-state index in [1.54, 1.807) is 4.90 Å². The number of hydrogen-bond acceptors (Lipinski definition) is 2. The summed E-state index contributed by atoms with van der Waals surface area (Å²) in [6.07, 6.45) is 5.19. The highest BCUT2D eigenvalue weighted by molar-refractivity contribution is 5.93. The van der Waals surface area contributed by atoms with Crippen LogP contribution in [0.4, 0.5) is 0 Å². The van der Waals surface area contributed by atoms with Crippen LogP contribution in [0.2, 0.25) is 0 Å². The van der Waals surface area contributed by atoms with E-state index in [1.165, 1.54) is 0 Å². The molecule has 3 rings (SSSR count). The van der Waals surface area contributed by atoms with E-state index in [2.05, 4.69) is 6.92 Å². The zero-order valence-corrected chi connectivity index (χ0v) is 10.8. The number of nitrogens with zero attached hydrogens (tertiary/aromatic N) is 2. The molecule has 2 heterocycles. The lowest BCUT2D eigenvalue weighted by atomic mass is 9.88. The lowest BCUT2D eigenvalue weighted by molar-refractivity contribution is -0.0960. The molecule has 0 aromatic carbocycles. The third-order valence-electron chi connectivity index (χ3n) is 4.07. The van der Waals surface area contributed by atoms with Gasteiger partial charge in [-0.2, -0.15) is 0 Å². The summed E-state index contributed by atoms with van der Waals surface area (Å²) in [5.74, 6) is 0.489. The summed E-state index contributed by atoms with van der Waals surface area (Å²) < 4.78 is 2.00. The van der Waals surface area contributed by atoms with Crippen LogP contribution in [0.5, 0.6) is 0 Å². The third kappa shape index (κ3) is 1.85. The summed E-state index contributed by atoms with van der Waals surface area (Å²) in [6, 6.07) is 3.78.